The molecule has 0 aromatic rings. The van der Waals surface area contributed by atoms with Crippen LogP contribution in [-0.2, 0) is 0 Å². The molecule has 0 spiro atoms. The first kappa shape index (κ1) is 7.56. The minimum absolute atomic E-state index is 0.370. The Labute approximate surface area is 68.2 Å². The molecule has 2 rings (SSSR count). The summed E-state index contributed by atoms with van der Waals surface area (Å²) < 4.78 is 0. The Kier molecular flexibility index (Phi) is 1.69. The highest BCUT2D eigenvalue weighted by Crippen LogP contribution is 2.33. The molecule has 2 saturated heterocycles. The molecule has 0 saturated carbocycles. The first-order valence-electron chi connectivity index (χ1n) is 4.63. The maximum Gasteiger partial charge on any atom is 0.0661 e. The van der Waals surface area contributed by atoms with Crippen LogP contribution in [0.15, 0.2) is 0 Å². The summed E-state index contributed by atoms with van der Waals surface area (Å²) in [4.78, 5) is 2.48. The number of hydrogen-bond donors (Lipinski definition) is 1. The van der Waals surface area contributed by atoms with Crippen LogP contribution in [0.4, 0.5) is 0 Å². The van der Waals surface area contributed by atoms with Crippen LogP contribution in [0.25, 0.3) is 0 Å². The van der Waals surface area contributed by atoms with E-state index in [-0.39, 0.29) is 5.60 Å². The summed E-state index contributed by atoms with van der Waals surface area (Å²) in [6.45, 7) is 5.55. The van der Waals surface area contributed by atoms with E-state index in [0.29, 0.717) is 5.92 Å². The van der Waals surface area contributed by atoms with Gasteiger partial charge in [0.1, 0.15) is 0 Å². The number of aliphatic hydroxyl groups is 1. The molecular formula is C9H17NO. The normalized spacial score (nSPS) is 50.7. The van der Waals surface area contributed by atoms with Crippen molar-refractivity contribution in [3.8, 4) is 0 Å². The lowest BCUT2D eigenvalue weighted by molar-refractivity contribution is 0.00123. The van der Waals surface area contributed by atoms with E-state index >= 15 is 0 Å². The van der Waals surface area contributed by atoms with Crippen molar-refractivity contribution in [1.82, 2.24) is 4.90 Å². The summed E-state index contributed by atoms with van der Waals surface area (Å²) in [7, 11) is 0. The van der Waals surface area contributed by atoms with Crippen LogP contribution in [0, 0.1) is 5.92 Å². The van der Waals surface area contributed by atoms with Gasteiger partial charge in [-0.05, 0) is 39.3 Å². The molecule has 0 aliphatic carbocycles. The molecule has 0 aromatic heterocycles. The maximum atomic E-state index is 10.0. The van der Waals surface area contributed by atoms with E-state index in [1.165, 1.54) is 25.9 Å². The Balaban J connectivity index is 2.13. The lowest BCUT2D eigenvalue weighted by atomic mass is 9.85. The molecule has 0 aromatic carbocycles. The molecule has 2 nitrogen and oxygen atoms in total. The SMILES string of the molecule is CC1(O)CCCN2CCC1C2. The molecule has 2 fully saturated rings. The molecule has 3 atom stereocenters. The minimum Gasteiger partial charge on any atom is -0.390 e. The van der Waals surface area contributed by atoms with Crippen LogP contribution in [0.2, 0.25) is 0 Å². The first-order valence-corrected chi connectivity index (χ1v) is 4.63. The van der Waals surface area contributed by atoms with Crippen molar-refractivity contribution in [2.45, 2.75) is 31.8 Å². The molecule has 0 radical (unpaired) electrons. The summed E-state index contributed by atoms with van der Waals surface area (Å²) in [5.41, 5.74) is -0.370. The van der Waals surface area contributed by atoms with Crippen LogP contribution in [0.1, 0.15) is 26.2 Å². The van der Waals surface area contributed by atoms with Gasteiger partial charge < -0.3 is 10.0 Å². The van der Waals surface area contributed by atoms with Gasteiger partial charge in [-0.3, -0.25) is 0 Å². The van der Waals surface area contributed by atoms with E-state index in [2.05, 4.69) is 4.90 Å². The Bertz CT molecular complexity index is 156. The monoisotopic (exact) mass is 155 g/mol. The Morgan fingerprint density at radius 1 is 1.45 bits per heavy atom. The molecule has 2 heteroatoms. The van der Waals surface area contributed by atoms with Crippen molar-refractivity contribution in [2.24, 2.45) is 5.92 Å². The maximum absolute atomic E-state index is 10.0. The number of hydrogen-bond acceptors (Lipinski definition) is 2. The zero-order chi connectivity index (χ0) is 7.90. The van der Waals surface area contributed by atoms with Crippen molar-refractivity contribution in [3.63, 3.8) is 0 Å². The third-order valence-electron chi connectivity index (χ3n) is 3.31. The third kappa shape index (κ3) is 1.30. The molecule has 2 heterocycles. The molecule has 11 heavy (non-hydrogen) atoms. The summed E-state index contributed by atoms with van der Waals surface area (Å²) >= 11 is 0. The largest absolute Gasteiger partial charge is 0.390 e. The van der Waals surface area contributed by atoms with Crippen LogP contribution < -0.4 is 0 Å². The summed E-state index contributed by atoms with van der Waals surface area (Å²) in [6.07, 6.45) is 3.37. The highest BCUT2D eigenvalue weighted by atomic mass is 16.3. The van der Waals surface area contributed by atoms with Gasteiger partial charge in [0.2, 0.25) is 0 Å². The Morgan fingerprint density at radius 2 is 2.27 bits per heavy atom. The van der Waals surface area contributed by atoms with Gasteiger partial charge in [0.15, 0.2) is 0 Å². The number of nitrogens with zero attached hydrogens (tertiary/aromatic N) is 1. The Morgan fingerprint density at radius 3 is 3.09 bits per heavy atom. The second kappa shape index (κ2) is 2.46. The van der Waals surface area contributed by atoms with Gasteiger partial charge in [0.25, 0.3) is 0 Å². The lowest BCUT2D eigenvalue weighted by Gasteiger charge is -2.28. The fourth-order valence-corrected chi connectivity index (χ4v) is 2.41. The van der Waals surface area contributed by atoms with Crippen LogP contribution in [0.3, 0.4) is 0 Å². The molecular weight excluding hydrogens is 138 g/mol. The van der Waals surface area contributed by atoms with E-state index in [9.17, 15) is 5.11 Å². The summed E-state index contributed by atoms with van der Waals surface area (Å²) in [6, 6.07) is 0. The zero-order valence-corrected chi connectivity index (χ0v) is 7.21. The van der Waals surface area contributed by atoms with Crippen LogP contribution >= 0.6 is 0 Å². The average Bonchev–Trinajstić information content (AvgIpc) is 2.30. The Hall–Kier alpha value is -0.0800. The summed E-state index contributed by atoms with van der Waals surface area (Å²) in [5, 5.41) is 10.0. The van der Waals surface area contributed by atoms with Gasteiger partial charge in [0, 0.05) is 12.5 Å². The van der Waals surface area contributed by atoms with Gasteiger partial charge in [-0.2, -0.15) is 0 Å². The zero-order valence-electron chi connectivity index (χ0n) is 7.21. The van der Waals surface area contributed by atoms with Gasteiger partial charge in [-0.1, -0.05) is 0 Å². The predicted molar refractivity (Wildman–Crippen MR) is 44.4 cm³/mol. The van der Waals surface area contributed by atoms with Crippen LogP contribution in [-0.4, -0.2) is 35.2 Å². The van der Waals surface area contributed by atoms with Crippen molar-refractivity contribution in [1.29, 1.82) is 0 Å². The van der Waals surface area contributed by atoms with E-state index in [1.54, 1.807) is 0 Å². The molecule has 3 unspecified atom stereocenters. The van der Waals surface area contributed by atoms with Crippen molar-refractivity contribution in [2.75, 3.05) is 19.6 Å². The quantitative estimate of drug-likeness (QED) is 0.560. The molecule has 2 bridgehead atoms. The second-order valence-electron chi connectivity index (χ2n) is 4.25. The van der Waals surface area contributed by atoms with Gasteiger partial charge in [-0.15, -0.1) is 0 Å². The topological polar surface area (TPSA) is 23.5 Å². The molecule has 1 N–H and O–H groups in total. The number of rotatable bonds is 0. The van der Waals surface area contributed by atoms with E-state index in [0.717, 1.165) is 13.0 Å². The second-order valence-corrected chi connectivity index (χ2v) is 4.25. The highest BCUT2D eigenvalue weighted by Gasteiger charge is 2.38. The molecule has 2 aliphatic heterocycles. The van der Waals surface area contributed by atoms with Gasteiger partial charge in [-0.25, -0.2) is 0 Å². The van der Waals surface area contributed by atoms with E-state index < -0.39 is 0 Å². The fraction of sp³-hybridized carbons (Fsp3) is 1.00. The van der Waals surface area contributed by atoms with Crippen molar-refractivity contribution in [3.05, 3.63) is 0 Å². The standard InChI is InChI=1S/C9H17NO/c1-9(11)4-2-5-10-6-3-8(9)7-10/h8,11H,2-7H2,1H3. The lowest BCUT2D eigenvalue weighted by Crippen LogP contribution is -2.34. The van der Waals surface area contributed by atoms with Gasteiger partial charge in [0.05, 0.1) is 5.60 Å². The minimum atomic E-state index is -0.370. The average molecular weight is 155 g/mol. The van der Waals surface area contributed by atoms with Crippen molar-refractivity contribution < 1.29 is 5.11 Å². The first-order chi connectivity index (χ1) is 5.18. The van der Waals surface area contributed by atoms with Crippen molar-refractivity contribution >= 4 is 0 Å². The fourth-order valence-electron chi connectivity index (χ4n) is 2.41. The number of fused-ring (bicyclic) bond motifs is 2. The summed E-state index contributed by atoms with van der Waals surface area (Å²) in [5.74, 6) is 0.546. The predicted octanol–water partition coefficient (Wildman–Crippen LogP) is 0.853. The van der Waals surface area contributed by atoms with Gasteiger partial charge >= 0.3 is 0 Å². The van der Waals surface area contributed by atoms with E-state index in [1.807, 2.05) is 6.92 Å². The molecule has 2 aliphatic rings. The van der Waals surface area contributed by atoms with E-state index in [4.69, 9.17) is 0 Å². The molecule has 64 valence electrons. The van der Waals surface area contributed by atoms with Crippen LogP contribution in [0.5, 0.6) is 0 Å². The smallest absolute Gasteiger partial charge is 0.0661 e. The third-order valence-corrected chi connectivity index (χ3v) is 3.31. The molecule has 0 amide bonds. The highest BCUT2D eigenvalue weighted by molar-refractivity contribution is 4.92.